The maximum absolute atomic E-state index is 13.4. The average Bonchev–Trinajstić information content (AvgIpc) is 3.56. The van der Waals surface area contributed by atoms with Crippen LogP contribution in [0.1, 0.15) is 37.3 Å². The zero-order valence-electron chi connectivity index (χ0n) is 19.8. The van der Waals surface area contributed by atoms with Gasteiger partial charge in [0.25, 0.3) is 5.91 Å². The highest BCUT2D eigenvalue weighted by molar-refractivity contribution is 6.08. The Morgan fingerprint density at radius 1 is 0.971 bits per heavy atom. The molecule has 1 heterocycles. The Morgan fingerprint density at radius 3 is 2.26 bits per heavy atom. The summed E-state index contributed by atoms with van der Waals surface area (Å²) in [6.45, 7) is 1.50. The number of nitrogens with zero attached hydrogens (tertiary/aromatic N) is 1. The molecule has 0 spiro atoms. The first-order chi connectivity index (χ1) is 17.0. The minimum absolute atomic E-state index is 0.159. The fourth-order valence-electron chi connectivity index (χ4n) is 6.23. The molecule has 7 heteroatoms. The smallest absolute Gasteiger partial charge is 0.330 e. The molecule has 1 aliphatic heterocycles. The number of fused-ring (bicyclic) bond motifs is 5. The zero-order valence-corrected chi connectivity index (χ0v) is 19.8. The summed E-state index contributed by atoms with van der Waals surface area (Å²) in [5, 5.41) is 2.78. The predicted octanol–water partition coefficient (Wildman–Crippen LogP) is 3.37. The van der Waals surface area contributed by atoms with Crippen molar-refractivity contribution in [3.05, 3.63) is 65.7 Å². The number of imide groups is 1. The quantitative estimate of drug-likeness (QED) is 0.468. The second-order valence-corrected chi connectivity index (χ2v) is 9.80. The molecule has 0 aromatic heterocycles. The third-order valence-electron chi connectivity index (χ3n) is 7.84. The van der Waals surface area contributed by atoms with E-state index in [4.69, 9.17) is 4.74 Å². The van der Waals surface area contributed by atoms with E-state index in [1.807, 2.05) is 55.5 Å². The third-order valence-corrected chi connectivity index (χ3v) is 7.84. The number of esters is 1. The molecule has 35 heavy (non-hydrogen) atoms. The van der Waals surface area contributed by atoms with E-state index in [1.165, 1.54) is 0 Å². The summed E-state index contributed by atoms with van der Waals surface area (Å²) in [6.07, 6.45) is 3.76. The van der Waals surface area contributed by atoms with Gasteiger partial charge in [0.1, 0.15) is 6.04 Å². The zero-order chi connectivity index (χ0) is 24.5. The molecule has 7 nitrogen and oxygen atoms in total. The van der Waals surface area contributed by atoms with E-state index in [0.717, 1.165) is 41.7 Å². The van der Waals surface area contributed by atoms with Gasteiger partial charge in [-0.15, -0.1) is 0 Å². The molecule has 2 aromatic carbocycles. The summed E-state index contributed by atoms with van der Waals surface area (Å²) in [5.74, 6) is -1.90. The molecular weight excluding hydrogens is 444 g/mol. The van der Waals surface area contributed by atoms with Crippen molar-refractivity contribution in [2.75, 3.05) is 11.9 Å². The molecule has 0 radical (unpaired) electrons. The largest absolute Gasteiger partial charge is 0.454 e. The van der Waals surface area contributed by atoms with Crippen LogP contribution >= 0.6 is 0 Å². The van der Waals surface area contributed by atoms with Crippen molar-refractivity contribution in [1.82, 2.24) is 4.90 Å². The maximum atomic E-state index is 13.4. The molecule has 2 bridgehead atoms. The second kappa shape index (κ2) is 9.64. The highest BCUT2D eigenvalue weighted by Crippen LogP contribution is 2.56. The lowest BCUT2D eigenvalue weighted by molar-refractivity contribution is -0.160. The molecule has 1 N–H and O–H groups in total. The van der Waals surface area contributed by atoms with Crippen LogP contribution in [-0.4, -0.2) is 41.2 Å². The molecule has 1 saturated heterocycles. The number of aryl methyl sites for hydroxylation is 1. The molecule has 3 amide bonds. The second-order valence-electron chi connectivity index (χ2n) is 9.80. The highest BCUT2D eigenvalue weighted by Gasteiger charge is 2.62. The number of carbonyl (C=O) groups excluding carboxylic acids is 4. The van der Waals surface area contributed by atoms with E-state index < -0.39 is 24.5 Å². The van der Waals surface area contributed by atoms with Gasteiger partial charge >= 0.3 is 5.97 Å². The molecule has 0 unspecified atom stereocenters. The van der Waals surface area contributed by atoms with Crippen LogP contribution in [0.5, 0.6) is 0 Å². The lowest BCUT2D eigenvalue weighted by Crippen LogP contribution is -2.48. The maximum Gasteiger partial charge on any atom is 0.330 e. The standard InChI is InChI=1S/C28H30N2O5/c1-2-18-10-6-7-11-21(18)29-23(31)16-35-28(34)22(14-17-8-4-3-5-9-17)30-26(32)24-19-12-13-20(15-19)25(24)27(30)33/h3-11,19-20,22,24-25H,2,12-16H2,1H3,(H,29,31)/t19-,20-,22-,24-,25+/m0/s1. The van der Waals surface area contributed by atoms with E-state index in [-0.39, 0.29) is 41.9 Å². The highest BCUT2D eigenvalue weighted by atomic mass is 16.5. The summed E-state index contributed by atoms with van der Waals surface area (Å²) >= 11 is 0. The van der Waals surface area contributed by atoms with Gasteiger partial charge in [-0.2, -0.15) is 0 Å². The summed E-state index contributed by atoms with van der Waals surface area (Å²) in [6, 6.07) is 15.6. The molecule has 182 valence electrons. The number of benzene rings is 2. The van der Waals surface area contributed by atoms with Crippen molar-refractivity contribution < 1.29 is 23.9 Å². The molecule has 5 rings (SSSR count). The van der Waals surface area contributed by atoms with Gasteiger partial charge in [-0.25, -0.2) is 4.79 Å². The van der Waals surface area contributed by atoms with Crippen LogP contribution in [0.3, 0.4) is 0 Å². The monoisotopic (exact) mass is 474 g/mol. The van der Waals surface area contributed by atoms with Crippen LogP contribution in [0.25, 0.3) is 0 Å². The van der Waals surface area contributed by atoms with Crippen molar-refractivity contribution in [2.45, 2.75) is 45.1 Å². The molecular formula is C28H30N2O5. The number of ether oxygens (including phenoxy) is 1. The summed E-state index contributed by atoms with van der Waals surface area (Å²) in [5.41, 5.74) is 2.46. The van der Waals surface area contributed by atoms with Crippen molar-refractivity contribution >= 4 is 29.4 Å². The fraction of sp³-hybridized carbons (Fsp3) is 0.429. The number of likely N-dealkylation sites (tertiary alicyclic amines) is 1. The number of hydrogen-bond acceptors (Lipinski definition) is 5. The van der Waals surface area contributed by atoms with E-state index in [1.54, 1.807) is 6.07 Å². The lowest BCUT2D eigenvalue weighted by atomic mass is 9.81. The number of hydrogen-bond donors (Lipinski definition) is 1. The van der Waals surface area contributed by atoms with Crippen LogP contribution in [0.15, 0.2) is 54.6 Å². The Balaban J connectivity index is 1.32. The first-order valence-electron chi connectivity index (χ1n) is 12.4. The van der Waals surface area contributed by atoms with E-state index >= 15 is 0 Å². The average molecular weight is 475 g/mol. The Morgan fingerprint density at radius 2 is 1.60 bits per heavy atom. The van der Waals surface area contributed by atoms with Crippen LogP contribution in [0, 0.1) is 23.7 Å². The number of para-hydroxylation sites is 1. The molecule has 2 aromatic rings. The lowest BCUT2D eigenvalue weighted by Gasteiger charge is -2.26. The van der Waals surface area contributed by atoms with Crippen molar-refractivity contribution in [3.8, 4) is 0 Å². The molecule has 3 aliphatic rings. The Labute approximate surface area is 204 Å². The van der Waals surface area contributed by atoms with Crippen molar-refractivity contribution in [3.63, 3.8) is 0 Å². The van der Waals surface area contributed by atoms with E-state index in [2.05, 4.69) is 5.32 Å². The van der Waals surface area contributed by atoms with E-state index in [9.17, 15) is 19.2 Å². The fourth-order valence-corrected chi connectivity index (χ4v) is 6.23. The normalized spacial score (nSPS) is 25.5. The van der Waals surface area contributed by atoms with Crippen LogP contribution in [0.4, 0.5) is 5.69 Å². The van der Waals surface area contributed by atoms with Crippen LogP contribution in [-0.2, 0) is 36.8 Å². The summed E-state index contributed by atoms with van der Waals surface area (Å²) < 4.78 is 5.39. The van der Waals surface area contributed by atoms with Gasteiger partial charge in [0.05, 0.1) is 11.8 Å². The number of nitrogens with one attached hydrogen (secondary N) is 1. The minimum atomic E-state index is -1.09. The van der Waals surface area contributed by atoms with Crippen LogP contribution < -0.4 is 5.32 Å². The van der Waals surface area contributed by atoms with Crippen molar-refractivity contribution in [2.24, 2.45) is 23.7 Å². The third kappa shape index (κ3) is 4.35. The molecule has 2 aliphatic carbocycles. The van der Waals surface area contributed by atoms with Crippen molar-refractivity contribution in [1.29, 1.82) is 0 Å². The minimum Gasteiger partial charge on any atom is -0.454 e. The van der Waals surface area contributed by atoms with Gasteiger partial charge in [-0.3, -0.25) is 19.3 Å². The number of amides is 3. The van der Waals surface area contributed by atoms with Gasteiger partial charge in [-0.05, 0) is 54.7 Å². The Bertz CT molecular complexity index is 1120. The topological polar surface area (TPSA) is 92.8 Å². The Hall–Kier alpha value is -3.48. The van der Waals surface area contributed by atoms with Gasteiger partial charge in [0.15, 0.2) is 6.61 Å². The number of rotatable bonds is 8. The number of anilines is 1. The Kier molecular flexibility index (Phi) is 6.41. The summed E-state index contributed by atoms with van der Waals surface area (Å²) in [4.78, 5) is 53.7. The first-order valence-corrected chi connectivity index (χ1v) is 12.4. The SMILES string of the molecule is CCc1ccccc1NC(=O)COC(=O)[C@H](Cc1ccccc1)N1C(=O)[C@@H]2[C@H]3CC[C@@H](C3)[C@@H]2C1=O. The van der Waals surface area contributed by atoms with E-state index in [0.29, 0.717) is 5.69 Å². The van der Waals surface area contributed by atoms with Gasteiger partial charge < -0.3 is 10.1 Å². The molecule has 3 fully saturated rings. The number of carbonyl (C=O) groups is 4. The molecule has 2 saturated carbocycles. The van der Waals surface area contributed by atoms with Crippen LogP contribution in [0.2, 0.25) is 0 Å². The van der Waals surface area contributed by atoms with Gasteiger partial charge in [-0.1, -0.05) is 55.5 Å². The first kappa shape index (κ1) is 23.3. The van der Waals surface area contributed by atoms with Gasteiger partial charge in [0, 0.05) is 12.1 Å². The predicted molar refractivity (Wildman–Crippen MR) is 129 cm³/mol. The molecule has 5 atom stereocenters. The van der Waals surface area contributed by atoms with Gasteiger partial charge in [0.2, 0.25) is 11.8 Å². The summed E-state index contributed by atoms with van der Waals surface area (Å²) in [7, 11) is 0.